The van der Waals surface area contributed by atoms with Gasteiger partial charge >= 0.3 is 0 Å². The van der Waals surface area contributed by atoms with Gasteiger partial charge in [-0.25, -0.2) is 0 Å². The van der Waals surface area contributed by atoms with E-state index in [2.05, 4.69) is 39.9 Å². The average Bonchev–Trinajstić information content (AvgIpc) is 2.48. The molecule has 0 amide bonds. The Balaban J connectivity index is 2.06. The highest BCUT2D eigenvalue weighted by molar-refractivity contribution is 8.13. The maximum atomic E-state index is 4.87. The van der Waals surface area contributed by atoms with Gasteiger partial charge < -0.3 is 5.32 Å². The summed E-state index contributed by atoms with van der Waals surface area (Å²) in [5, 5.41) is 4.64. The van der Waals surface area contributed by atoms with E-state index in [-0.39, 0.29) is 0 Å². The Morgan fingerprint density at radius 1 is 1.27 bits per heavy atom. The predicted octanol–water partition coefficient (Wildman–Crippen LogP) is 2.89. The molecule has 2 aliphatic rings. The lowest BCUT2D eigenvalue weighted by Crippen LogP contribution is -2.35. The van der Waals surface area contributed by atoms with Gasteiger partial charge in [0.15, 0.2) is 5.17 Å². The average molecular weight is 226 g/mol. The lowest BCUT2D eigenvalue weighted by molar-refractivity contribution is 0.457. The minimum absolute atomic E-state index is 0.364. The van der Waals surface area contributed by atoms with Crippen molar-refractivity contribution in [2.45, 2.75) is 53.1 Å². The van der Waals surface area contributed by atoms with Crippen LogP contribution in [0.1, 0.15) is 41.0 Å². The van der Waals surface area contributed by atoms with Crippen LogP contribution in [0.2, 0.25) is 0 Å². The first kappa shape index (κ1) is 11.3. The van der Waals surface area contributed by atoms with Crippen LogP contribution in [-0.2, 0) is 0 Å². The summed E-state index contributed by atoms with van der Waals surface area (Å²) in [5.41, 5.74) is 0.728. The second-order valence-corrected chi connectivity index (χ2v) is 7.05. The van der Waals surface area contributed by atoms with Gasteiger partial charge in [0.25, 0.3) is 0 Å². The molecule has 2 fully saturated rings. The zero-order valence-corrected chi connectivity index (χ0v) is 11.2. The highest BCUT2D eigenvalue weighted by atomic mass is 32.2. The number of nitrogens with zero attached hydrogens (tertiary/aromatic N) is 1. The van der Waals surface area contributed by atoms with E-state index in [0.29, 0.717) is 22.9 Å². The maximum Gasteiger partial charge on any atom is 0.157 e. The SMILES string of the molecule is CC1CCSC(=NC2C(C)(C)C2(C)C)N1. The summed E-state index contributed by atoms with van der Waals surface area (Å²) in [6.45, 7) is 11.5. The lowest BCUT2D eigenvalue weighted by atomic mass is 10.0. The lowest BCUT2D eigenvalue weighted by Gasteiger charge is -2.22. The molecule has 1 unspecified atom stereocenters. The van der Waals surface area contributed by atoms with Gasteiger partial charge in [0, 0.05) is 11.8 Å². The highest BCUT2D eigenvalue weighted by Crippen LogP contribution is 2.64. The van der Waals surface area contributed by atoms with Crippen molar-refractivity contribution in [2.75, 3.05) is 5.75 Å². The van der Waals surface area contributed by atoms with Crippen LogP contribution in [0.15, 0.2) is 4.99 Å². The minimum Gasteiger partial charge on any atom is -0.362 e. The molecule has 0 aromatic rings. The highest BCUT2D eigenvalue weighted by Gasteiger charge is 2.65. The summed E-state index contributed by atoms with van der Waals surface area (Å²) < 4.78 is 0. The van der Waals surface area contributed by atoms with Crippen molar-refractivity contribution < 1.29 is 0 Å². The Labute approximate surface area is 97.3 Å². The molecule has 2 rings (SSSR count). The molecule has 2 nitrogen and oxygen atoms in total. The van der Waals surface area contributed by atoms with E-state index in [1.807, 2.05) is 11.8 Å². The van der Waals surface area contributed by atoms with Crippen molar-refractivity contribution in [3.05, 3.63) is 0 Å². The van der Waals surface area contributed by atoms with E-state index in [0.717, 1.165) is 5.17 Å². The van der Waals surface area contributed by atoms with Crippen LogP contribution in [0.25, 0.3) is 0 Å². The molecule has 1 saturated carbocycles. The standard InChI is InChI=1S/C12H22N2S/c1-8-6-7-15-10(13-8)14-9-11(2,3)12(9,4)5/h8-9H,6-7H2,1-5H3,(H,13,14). The molecular formula is C12H22N2S. The third kappa shape index (κ3) is 1.79. The molecule has 0 aromatic carbocycles. The molecule has 3 heteroatoms. The van der Waals surface area contributed by atoms with Crippen LogP contribution in [0, 0.1) is 10.8 Å². The molecule has 86 valence electrons. The number of hydrogen-bond acceptors (Lipinski definition) is 2. The number of aliphatic imine (C=N–C) groups is 1. The molecular weight excluding hydrogens is 204 g/mol. The Morgan fingerprint density at radius 3 is 2.33 bits per heavy atom. The van der Waals surface area contributed by atoms with Gasteiger partial charge in [-0.1, -0.05) is 39.5 Å². The van der Waals surface area contributed by atoms with Crippen molar-refractivity contribution in [1.82, 2.24) is 5.32 Å². The Bertz CT molecular complexity index is 280. The van der Waals surface area contributed by atoms with Crippen molar-refractivity contribution in [3.8, 4) is 0 Å². The van der Waals surface area contributed by atoms with Crippen molar-refractivity contribution in [1.29, 1.82) is 0 Å². The van der Waals surface area contributed by atoms with Crippen LogP contribution in [0.4, 0.5) is 0 Å². The summed E-state index contributed by atoms with van der Waals surface area (Å²) in [7, 11) is 0. The molecule has 1 heterocycles. The first-order chi connectivity index (χ1) is 6.85. The number of rotatable bonds is 1. The van der Waals surface area contributed by atoms with Crippen LogP contribution >= 0.6 is 11.8 Å². The number of nitrogens with one attached hydrogen (secondary N) is 1. The number of hydrogen-bond donors (Lipinski definition) is 1. The normalized spacial score (nSPS) is 36.3. The predicted molar refractivity (Wildman–Crippen MR) is 68.5 cm³/mol. The number of amidine groups is 1. The summed E-state index contributed by atoms with van der Waals surface area (Å²) in [4.78, 5) is 4.87. The van der Waals surface area contributed by atoms with Crippen LogP contribution in [-0.4, -0.2) is 23.0 Å². The van der Waals surface area contributed by atoms with E-state index in [9.17, 15) is 0 Å². The molecule has 1 aliphatic heterocycles. The first-order valence-corrected chi connectivity index (χ1v) is 6.81. The van der Waals surface area contributed by atoms with E-state index < -0.39 is 0 Å². The van der Waals surface area contributed by atoms with Gasteiger partial charge in [-0.05, 0) is 24.2 Å². The Kier molecular flexibility index (Phi) is 2.57. The second-order valence-electron chi connectivity index (χ2n) is 5.96. The fourth-order valence-electron chi connectivity index (χ4n) is 2.33. The van der Waals surface area contributed by atoms with Gasteiger partial charge in [-0.2, -0.15) is 0 Å². The first-order valence-electron chi connectivity index (χ1n) is 5.83. The minimum atomic E-state index is 0.364. The third-order valence-corrected chi connectivity index (χ3v) is 5.29. The molecule has 0 bridgehead atoms. The quantitative estimate of drug-likeness (QED) is 0.743. The van der Waals surface area contributed by atoms with Gasteiger partial charge in [-0.15, -0.1) is 0 Å². The fraction of sp³-hybridized carbons (Fsp3) is 0.917. The topological polar surface area (TPSA) is 24.4 Å². The van der Waals surface area contributed by atoms with Crippen molar-refractivity contribution in [2.24, 2.45) is 15.8 Å². The van der Waals surface area contributed by atoms with E-state index in [1.165, 1.54) is 12.2 Å². The van der Waals surface area contributed by atoms with E-state index >= 15 is 0 Å². The number of thioether (sulfide) groups is 1. The van der Waals surface area contributed by atoms with Gasteiger partial charge in [0.1, 0.15) is 0 Å². The molecule has 0 radical (unpaired) electrons. The van der Waals surface area contributed by atoms with Crippen LogP contribution in [0.3, 0.4) is 0 Å². The van der Waals surface area contributed by atoms with E-state index in [4.69, 9.17) is 4.99 Å². The van der Waals surface area contributed by atoms with Crippen LogP contribution in [0.5, 0.6) is 0 Å². The summed E-state index contributed by atoms with van der Waals surface area (Å²) in [5.74, 6) is 1.21. The molecule has 1 atom stereocenters. The Hall–Kier alpha value is -0.180. The molecule has 1 saturated heterocycles. The molecule has 0 aromatic heterocycles. The summed E-state index contributed by atoms with van der Waals surface area (Å²) in [6.07, 6.45) is 1.25. The maximum absolute atomic E-state index is 4.87. The van der Waals surface area contributed by atoms with Gasteiger partial charge in [0.2, 0.25) is 0 Å². The smallest absolute Gasteiger partial charge is 0.157 e. The monoisotopic (exact) mass is 226 g/mol. The Morgan fingerprint density at radius 2 is 1.87 bits per heavy atom. The largest absolute Gasteiger partial charge is 0.362 e. The summed E-state index contributed by atoms with van der Waals surface area (Å²) >= 11 is 1.88. The van der Waals surface area contributed by atoms with Crippen molar-refractivity contribution >= 4 is 16.9 Å². The molecule has 1 aliphatic carbocycles. The molecule has 1 N–H and O–H groups in total. The van der Waals surface area contributed by atoms with Gasteiger partial charge in [0.05, 0.1) is 6.04 Å². The van der Waals surface area contributed by atoms with Crippen LogP contribution < -0.4 is 5.32 Å². The zero-order chi connectivity index (χ0) is 11.3. The van der Waals surface area contributed by atoms with Crippen molar-refractivity contribution in [3.63, 3.8) is 0 Å². The molecule has 15 heavy (non-hydrogen) atoms. The zero-order valence-electron chi connectivity index (χ0n) is 10.4. The molecule has 0 spiro atoms. The van der Waals surface area contributed by atoms with E-state index in [1.54, 1.807) is 0 Å². The summed E-state index contributed by atoms with van der Waals surface area (Å²) in [6, 6.07) is 1.08. The van der Waals surface area contributed by atoms with Gasteiger partial charge in [-0.3, -0.25) is 4.99 Å². The third-order valence-electron chi connectivity index (χ3n) is 4.35. The second kappa shape index (κ2) is 3.41. The fourth-order valence-corrected chi connectivity index (χ4v) is 3.46.